The minimum Gasteiger partial charge on any atom is -0.490 e. The van der Waals surface area contributed by atoms with Crippen LogP contribution in [0.1, 0.15) is 26.3 Å². The fourth-order valence-electron chi connectivity index (χ4n) is 4.59. The van der Waals surface area contributed by atoms with E-state index in [1.165, 1.54) is 72.0 Å². The van der Waals surface area contributed by atoms with Gasteiger partial charge in [-0.2, -0.15) is 5.26 Å². The summed E-state index contributed by atoms with van der Waals surface area (Å²) in [5.41, 5.74) is 1.72. The molecule has 0 saturated heterocycles. The van der Waals surface area contributed by atoms with Gasteiger partial charge in [-0.1, -0.05) is 31.9 Å². The molecule has 0 radical (unpaired) electrons. The van der Waals surface area contributed by atoms with Crippen molar-refractivity contribution in [2.75, 3.05) is 20.0 Å². The number of carbonyl (C=O) groups is 5. The lowest BCUT2D eigenvalue weighted by Gasteiger charge is -2.17. The van der Waals surface area contributed by atoms with E-state index in [2.05, 4.69) is 25.8 Å². The number of benzene rings is 4. The zero-order valence-corrected chi connectivity index (χ0v) is 30.2. The number of rotatable bonds is 17. The van der Waals surface area contributed by atoms with Crippen LogP contribution >= 0.6 is 11.3 Å². The molecule has 56 heavy (non-hydrogen) atoms. The number of thiazole rings is 1. The number of esters is 5. The van der Waals surface area contributed by atoms with Crippen molar-refractivity contribution < 1.29 is 57.1 Å². The SMILES string of the molecule is C=CC(=O)OCOc1ccc(C(=O)Oc2ccc(OC(=O)c3ccc(OCC(COC(=O)C=C)OC(=O)C=C)cc3)c3sc(-c4ccc(C#N)cc4)nc23)cc1. The Kier molecular flexibility index (Phi) is 13.4. The summed E-state index contributed by atoms with van der Waals surface area (Å²) in [5, 5.41) is 9.74. The van der Waals surface area contributed by atoms with Crippen molar-refractivity contribution in [3.8, 4) is 39.6 Å². The average Bonchev–Trinajstić information content (AvgIpc) is 3.69. The van der Waals surface area contributed by atoms with E-state index < -0.39 is 36.0 Å². The van der Waals surface area contributed by atoms with E-state index in [0.29, 0.717) is 32.3 Å². The second-order valence-corrected chi connectivity index (χ2v) is 12.1. The van der Waals surface area contributed by atoms with Crippen LogP contribution in [0.25, 0.3) is 20.8 Å². The lowest BCUT2D eigenvalue weighted by molar-refractivity contribution is -0.154. The van der Waals surface area contributed by atoms with Crippen LogP contribution in [0.5, 0.6) is 23.0 Å². The summed E-state index contributed by atoms with van der Waals surface area (Å²) in [6, 6.07) is 23.6. The van der Waals surface area contributed by atoms with E-state index in [-0.39, 0.29) is 48.1 Å². The molecular formula is C41H30N2O12S. The first-order valence-electron chi connectivity index (χ1n) is 16.4. The van der Waals surface area contributed by atoms with Crippen LogP contribution < -0.4 is 18.9 Å². The van der Waals surface area contributed by atoms with Gasteiger partial charge in [0, 0.05) is 23.8 Å². The Morgan fingerprint density at radius 1 is 0.679 bits per heavy atom. The normalized spacial score (nSPS) is 10.8. The number of nitrogens with zero attached hydrogens (tertiary/aromatic N) is 2. The van der Waals surface area contributed by atoms with Gasteiger partial charge >= 0.3 is 29.8 Å². The van der Waals surface area contributed by atoms with E-state index in [1.54, 1.807) is 24.3 Å². The van der Waals surface area contributed by atoms with Crippen molar-refractivity contribution in [1.29, 1.82) is 5.26 Å². The van der Waals surface area contributed by atoms with Crippen molar-refractivity contribution in [2.45, 2.75) is 6.10 Å². The molecule has 0 N–H and O–H groups in total. The van der Waals surface area contributed by atoms with Gasteiger partial charge in [-0.3, -0.25) is 0 Å². The molecule has 5 aromatic rings. The molecule has 0 fully saturated rings. The molecule has 0 saturated carbocycles. The Morgan fingerprint density at radius 3 is 1.82 bits per heavy atom. The monoisotopic (exact) mass is 774 g/mol. The lowest BCUT2D eigenvalue weighted by Crippen LogP contribution is -2.30. The zero-order valence-electron chi connectivity index (χ0n) is 29.3. The number of carbonyl (C=O) groups excluding carboxylic acids is 5. The summed E-state index contributed by atoms with van der Waals surface area (Å²) in [7, 11) is 0. The van der Waals surface area contributed by atoms with Crippen LogP contribution in [0.4, 0.5) is 0 Å². The fraction of sp³-hybridized carbons (Fsp3) is 0.0976. The Morgan fingerprint density at radius 2 is 1.23 bits per heavy atom. The molecule has 0 aliphatic carbocycles. The predicted octanol–water partition coefficient (Wildman–Crippen LogP) is 6.54. The third-order valence-electron chi connectivity index (χ3n) is 7.37. The Bertz CT molecular complexity index is 2330. The first-order chi connectivity index (χ1) is 27.1. The van der Waals surface area contributed by atoms with Gasteiger partial charge in [-0.05, 0) is 72.8 Å². The molecule has 4 aromatic carbocycles. The molecule has 0 aliphatic heterocycles. The van der Waals surface area contributed by atoms with Gasteiger partial charge in [0.05, 0.1) is 22.8 Å². The third kappa shape index (κ3) is 10.5. The summed E-state index contributed by atoms with van der Waals surface area (Å²) in [6.07, 6.45) is 1.99. The predicted molar refractivity (Wildman–Crippen MR) is 201 cm³/mol. The van der Waals surface area contributed by atoms with Crippen molar-refractivity contribution in [3.63, 3.8) is 0 Å². The van der Waals surface area contributed by atoms with Gasteiger partial charge in [0.15, 0.2) is 17.6 Å². The molecule has 1 heterocycles. The van der Waals surface area contributed by atoms with E-state index in [4.69, 9.17) is 38.1 Å². The Labute approximate surface area is 323 Å². The molecule has 1 aromatic heterocycles. The van der Waals surface area contributed by atoms with Gasteiger partial charge in [0.1, 0.15) is 39.9 Å². The van der Waals surface area contributed by atoms with Gasteiger partial charge < -0.3 is 33.2 Å². The number of hydrogen-bond donors (Lipinski definition) is 0. The first kappa shape index (κ1) is 39.6. The summed E-state index contributed by atoms with van der Waals surface area (Å²) >= 11 is 1.18. The van der Waals surface area contributed by atoms with Crippen molar-refractivity contribution >= 4 is 51.4 Å². The van der Waals surface area contributed by atoms with Crippen molar-refractivity contribution in [2.24, 2.45) is 0 Å². The molecule has 15 heteroatoms. The molecule has 0 spiro atoms. The first-order valence-corrected chi connectivity index (χ1v) is 17.2. The highest BCUT2D eigenvalue weighted by molar-refractivity contribution is 7.22. The number of ether oxygens (including phenoxy) is 7. The molecule has 1 atom stereocenters. The van der Waals surface area contributed by atoms with Crippen LogP contribution in [0.3, 0.4) is 0 Å². The third-order valence-corrected chi connectivity index (χ3v) is 8.49. The number of aromatic nitrogens is 1. The summed E-state index contributed by atoms with van der Waals surface area (Å²) in [6.45, 7) is 9.17. The molecule has 5 rings (SSSR count). The lowest BCUT2D eigenvalue weighted by atomic mass is 10.1. The molecule has 282 valence electrons. The maximum Gasteiger partial charge on any atom is 0.343 e. The largest absolute Gasteiger partial charge is 0.490 e. The Balaban J connectivity index is 1.33. The Hall–Kier alpha value is -7.57. The summed E-state index contributed by atoms with van der Waals surface area (Å²) in [4.78, 5) is 65.7. The average molecular weight is 775 g/mol. The van der Waals surface area contributed by atoms with Gasteiger partial charge in [-0.15, -0.1) is 11.3 Å². The molecule has 0 aliphatic rings. The smallest absolute Gasteiger partial charge is 0.343 e. The molecule has 14 nitrogen and oxygen atoms in total. The van der Waals surface area contributed by atoms with Crippen LogP contribution in [0.2, 0.25) is 0 Å². The van der Waals surface area contributed by atoms with Crippen molar-refractivity contribution in [1.82, 2.24) is 4.98 Å². The number of hydrogen-bond acceptors (Lipinski definition) is 15. The molecular weight excluding hydrogens is 745 g/mol. The minimum absolute atomic E-state index is 0.0930. The van der Waals surface area contributed by atoms with Crippen LogP contribution in [-0.4, -0.2) is 60.9 Å². The highest BCUT2D eigenvalue weighted by Gasteiger charge is 2.21. The maximum absolute atomic E-state index is 13.3. The highest BCUT2D eigenvalue weighted by atomic mass is 32.1. The van der Waals surface area contributed by atoms with Gasteiger partial charge in [-0.25, -0.2) is 29.0 Å². The number of fused-ring (bicyclic) bond motifs is 1. The quantitative estimate of drug-likeness (QED) is 0.0326. The standard InChI is InChI=1S/C41H30N2O12S/c1-4-34(44)50-23-31(53-36(46)6-3)22-49-29-15-11-28(12-16-29)41(48)55-33-20-19-32(37-38(33)56-39(43-37)26-9-7-25(21-42)8-10-26)54-40(47)27-13-17-30(18-14-27)51-24-52-35(45)5-2/h4-20,31H,1-3,22-24H2. The van der Waals surface area contributed by atoms with Crippen LogP contribution in [0.15, 0.2) is 123 Å². The second-order valence-electron chi connectivity index (χ2n) is 11.1. The van der Waals surface area contributed by atoms with Crippen LogP contribution in [-0.2, 0) is 28.6 Å². The fourth-order valence-corrected chi connectivity index (χ4v) is 5.63. The van der Waals surface area contributed by atoms with Gasteiger partial charge in [0.2, 0.25) is 6.79 Å². The van der Waals surface area contributed by atoms with Gasteiger partial charge in [0.25, 0.3) is 0 Å². The maximum atomic E-state index is 13.3. The van der Waals surface area contributed by atoms with E-state index in [0.717, 1.165) is 18.2 Å². The molecule has 0 amide bonds. The highest BCUT2D eigenvalue weighted by Crippen LogP contribution is 2.41. The summed E-state index contributed by atoms with van der Waals surface area (Å²) < 4.78 is 37.9. The molecule has 0 bridgehead atoms. The number of nitriles is 1. The minimum atomic E-state index is -0.950. The van der Waals surface area contributed by atoms with E-state index in [1.807, 2.05) is 0 Å². The zero-order chi connectivity index (χ0) is 40.0. The van der Waals surface area contributed by atoms with E-state index in [9.17, 15) is 29.2 Å². The topological polar surface area (TPSA) is 187 Å². The van der Waals surface area contributed by atoms with Crippen LogP contribution in [0, 0.1) is 11.3 Å². The van der Waals surface area contributed by atoms with E-state index >= 15 is 0 Å². The summed E-state index contributed by atoms with van der Waals surface area (Å²) in [5.74, 6) is -2.62. The van der Waals surface area contributed by atoms with Crippen molar-refractivity contribution in [3.05, 3.63) is 140 Å². The second kappa shape index (κ2) is 19.0. The molecule has 1 unspecified atom stereocenters.